The maximum atomic E-state index is 14.1. The van der Waals surface area contributed by atoms with E-state index in [0.717, 1.165) is 47.6 Å². The van der Waals surface area contributed by atoms with E-state index in [1.807, 2.05) is 54.5 Å². The van der Waals surface area contributed by atoms with E-state index in [4.69, 9.17) is 11.6 Å². The van der Waals surface area contributed by atoms with E-state index in [0.29, 0.717) is 41.0 Å². The van der Waals surface area contributed by atoms with Crippen LogP contribution in [-0.4, -0.2) is 66.2 Å². The average molecular weight is 725 g/mol. The van der Waals surface area contributed by atoms with Gasteiger partial charge in [-0.1, -0.05) is 67.5 Å². The third-order valence-corrected chi connectivity index (χ3v) is 9.35. The minimum Gasteiger partial charge on any atom is -0.335 e. The molecule has 3 heterocycles. The number of likely N-dealkylation sites (N-methyl/N-ethyl adjacent to an activating group) is 1. The quantitative estimate of drug-likeness (QED) is 0.0900. The first kappa shape index (κ1) is 37.8. The molecule has 0 aliphatic carbocycles. The lowest BCUT2D eigenvalue weighted by Gasteiger charge is -2.27. The van der Waals surface area contributed by atoms with Gasteiger partial charge in [0.2, 0.25) is 5.91 Å². The summed E-state index contributed by atoms with van der Waals surface area (Å²) in [5.74, 6) is 0.0364. The first-order chi connectivity index (χ1) is 23.2. The van der Waals surface area contributed by atoms with Gasteiger partial charge < -0.3 is 14.4 Å². The summed E-state index contributed by atoms with van der Waals surface area (Å²) in [6, 6.07) is 17.7. The van der Waals surface area contributed by atoms with E-state index < -0.39 is 0 Å². The second-order valence-corrected chi connectivity index (χ2v) is 12.9. The topological polar surface area (TPSA) is 89.1 Å². The van der Waals surface area contributed by atoms with Gasteiger partial charge in [0.25, 0.3) is 5.56 Å². The van der Waals surface area contributed by atoms with E-state index in [2.05, 4.69) is 33.8 Å². The molecule has 0 spiro atoms. The molecular formula is C36H40Cl2FN7O2S. The summed E-state index contributed by atoms with van der Waals surface area (Å²) in [6.45, 7) is 7.58. The van der Waals surface area contributed by atoms with Crippen LogP contribution < -0.4 is 5.56 Å². The van der Waals surface area contributed by atoms with Crippen LogP contribution in [0.2, 0.25) is 5.02 Å². The molecule has 5 rings (SSSR count). The van der Waals surface area contributed by atoms with Gasteiger partial charge >= 0.3 is 0 Å². The van der Waals surface area contributed by atoms with Crippen molar-refractivity contribution in [3.05, 3.63) is 129 Å². The maximum Gasteiger partial charge on any atom is 0.277 e. The Morgan fingerprint density at radius 3 is 2.27 bits per heavy atom. The lowest BCUT2D eigenvalue weighted by atomic mass is 10.1. The van der Waals surface area contributed by atoms with Crippen LogP contribution in [0, 0.1) is 5.82 Å². The zero-order valence-corrected chi connectivity index (χ0v) is 30.1. The predicted octanol–water partition coefficient (Wildman–Crippen LogP) is 6.51. The number of amides is 1. The molecule has 0 fully saturated rings. The molecule has 5 aromatic rings. The first-order valence-electron chi connectivity index (χ1n) is 15.9. The number of carbonyl (C=O) groups excluding carboxylic acids is 1. The summed E-state index contributed by atoms with van der Waals surface area (Å²) in [7, 11) is 1.82. The molecule has 9 nitrogen and oxygen atoms in total. The van der Waals surface area contributed by atoms with Gasteiger partial charge in [0.15, 0.2) is 5.16 Å². The van der Waals surface area contributed by atoms with Crippen LogP contribution in [-0.2, 0) is 37.1 Å². The number of thioether (sulfide) groups is 1. The van der Waals surface area contributed by atoms with Crippen molar-refractivity contribution >= 4 is 41.7 Å². The fourth-order valence-electron chi connectivity index (χ4n) is 5.25. The monoisotopic (exact) mass is 723 g/mol. The lowest BCUT2D eigenvalue weighted by Crippen LogP contribution is -2.40. The van der Waals surface area contributed by atoms with Crippen molar-refractivity contribution in [2.45, 2.75) is 44.3 Å². The molecule has 258 valence electrons. The van der Waals surface area contributed by atoms with E-state index in [1.165, 1.54) is 23.9 Å². The average Bonchev–Trinajstić information content (AvgIpc) is 3.50. The molecule has 49 heavy (non-hydrogen) atoms. The Morgan fingerprint density at radius 2 is 1.63 bits per heavy atom. The summed E-state index contributed by atoms with van der Waals surface area (Å²) in [6.07, 6.45) is 7.45. The zero-order chi connectivity index (χ0) is 34.0. The fraction of sp³-hybridized carbons (Fsp3) is 0.306. The Bertz CT molecular complexity index is 1860. The Labute approximate surface area is 301 Å². The Kier molecular flexibility index (Phi) is 14.0. The van der Waals surface area contributed by atoms with Crippen molar-refractivity contribution in [2.75, 3.05) is 26.2 Å². The zero-order valence-electron chi connectivity index (χ0n) is 27.8. The largest absolute Gasteiger partial charge is 0.335 e. The SMILES string of the molecule is CCN(CC)CCN(Cc1ccc(-c2ccc(Cl)cc2)nc1)C(=O)Cn1cc(Cc2cnn(C)c2)c(=O)nc1SCc1ccc(F)cc1.Cl. The number of benzene rings is 2. The molecule has 0 N–H and O–H groups in total. The Morgan fingerprint density at radius 1 is 0.918 bits per heavy atom. The van der Waals surface area contributed by atoms with Crippen molar-refractivity contribution in [1.82, 2.24) is 34.1 Å². The molecule has 0 atom stereocenters. The Hall–Kier alpha value is -4.03. The molecule has 3 aromatic heterocycles. The summed E-state index contributed by atoms with van der Waals surface area (Å²) < 4.78 is 17.0. The number of carbonyl (C=O) groups is 1. The summed E-state index contributed by atoms with van der Waals surface area (Å²) >= 11 is 7.40. The number of hydrogen-bond acceptors (Lipinski definition) is 7. The molecule has 1 amide bonds. The number of nitrogens with zero attached hydrogens (tertiary/aromatic N) is 7. The highest BCUT2D eigenvalue weighted by atomic mass is 35.5. The molecule has 0 aliphatic heterocycles. The maximum absolute atomic E-state index is 14.1. The molecule has 0 unspecified atom stereocenters. The van der Waals surface area contributed by atoms with Gasteiger partial charge in [-0.15, -0.1) is 12.4 Å². The molecule has 2 aromatic carbocycles. The smallest absolute Gasteiger partial charge is 0.277 e. The summed E-state index contributed by atoms with van der Waals surface area (Å²) in [5.41, 5.74) is 4.55. The molecule has 0 aliphatic rings. The standard InChI is InChI=1S/C36H39ClFN7O2S.ClH/c1-4-43(5-2)16-17-44(22-27-8-15-33(39-19-27)29-9-11-31(37)12-10-29)34(46)24-45-23-30(18-28-20-40-42(3)21-28)35(47)41-36(45)48-25-26-6-13-32(38)14-7-26;/h6-15,19-21,23H,4-5,16-18,22,24-25H2,1-3H3;1H. The van der Waals surface area contributed by atoms with E-state index in [-0.39, 0.29) is 36.2 Å². The number of hydrogen-bond donors (Lipinski definition) is 0. The molecule has 0 bridgehead atoms. The molecular weight excluding hydrogens is 684 g/mol. The highest BCUT2D eigenvalue weighted by Gasteiger charge is 2.19. The van der Waals surface area contributed by atoms with Crippen molar-refractivity contribution in [3.8, 4) is 11.3 Å². The first-order valence-corrected chi connectivity index (χ1v) is 17.2. The van der Waals surface area contributed by atoms with Crippen LogP contribution in [0.5, 0.6) is 0 Å². The van der Waals surface area contributed by atoms with Crippen molar-refractivity contribution < 1.29 is 9.18 Å². The van der Waals surface area contributed by atoms with Gasteiger partial charge in [-0.25, -0.2) is 4.39 Å². The third-order valence-electron chi connectivity index (χ3n) is 8.04. The van der Waals surface area contributed by atoms with Crippen LogP contribution in [0.4, 0.5) is 4.39 Å². The van der Waals surface area contributed by atoms with Gasteiger partial charge in [-0.3, -0.25) is 19.3 Å². The minimum absolute atomic E-state index is 0. The van der Waals surface area contributed by atoms with Gasteiger partial charge in [-0.2, -0.15) is 10.1 Å². The van der Waals surface area contributed by atoms with E-state index >= 15 is 0 Å². The molecule has 13 heteroatoms. The summed E-state index contributed by atoms with van der Waals surface area (Å²) in [4.78, 5) is 40.5. The molecule has 0 saturated carbocycles. The van der Waals surface area contributed by atoms with Gasteiger partial charge in [0.05, 0.1) is 11.9 Å². The van der Waals surface area contributed by atoms with Crippen LogP contribution in [0.1, 0.15) is 36.1 Å². The van der Waals surface area contributed by atoms with Crippen LogP contribution in [0.25, 0.3) is 11.3 Å². The molecule has 0 radical (unpaired) electrons. The fourth-order valence-corrected chi connectivity index (χ4v) is 6.30. The second-order valence-electron chi connectivity index (χ2n) is 11.5. The normalized spacial score (nSPS) is 11.1. The van der Waals surface area contributed by atoms with Crippen molar-refractivity contribution in [2.24, 2.45) is 7.05 Å². The molecule has 0 saturated heterocycles. The highest BCUT2D eigenvalue weighted by Crippen LogP contribution is 2.23. The van der Waals surface area contributed by atoms with Crippen molar-refractivity contribution in [1.29, 1.82) is 0 Å². The number of aromatic nitrogens is 5. The number of pyridine rings is 1. The predicted molar refractivity (Wildman–Crippen MR) is 196 cm³/mol. The van der Waals surface area contributed by atoms with Gasteiger partial charge in [0.1, 0.15) is 12.4 Å². The lowest BCUT2D eigenvalue weighted by molar-refractivity contribution is -0.132. The minimum atomic E-state index is -0.352. The second kappa shape index (κ2) is 18.1. The third kappa shape index (κ3) is 10.7. The van der Waals surface area contributed by atoms with Crippen LogP contribution in [0.15, 0.2) is 95.4 Å². The number of rotatable bonds is 15. The van der Waals surface area contributed by atoms with E-state index in [9.17, 15) is 14.0 Å². The summed E-state index contributed by atoms with van der Waals surface area (Å²) in [5, 5.41) is 5.30. The number of aryl methyl sites for hydroxylation is 1. The Balaban J connectivity index is 0.00000541. The van der Waals surface area contributed by atoms with Gasteiger partial charge in [0, 0.05) is 73.6 Å². The number of halogens is 3. The highest BCUT2D eigenvalue weighted by molar-refractivity contribution is 7.98. The van der Waals surface area contributed by atoms with Crippen LogP contribution in [0.3, 0.4) is 0 Å². The van der Waals surface area contributed by atoms with Gasteiger partial charge in [-0.05, 0) is 60.1 Å². The van der Waals surface area contributed by atoms with Crippen LogP contribution >= 0.6 is 35.8 Å². The van der Waals surface area contributed by atoms with E-state index in [1.54, 1.807) is 40.0 Å². The van der Waals surface area contributed by atoms with Crippen molar-refractivity contribution in [3.63, 3.8) is 0 Å².